The lowest BCUT2D eigenvalue weighted by Gasteiger charge is -2.46. The molecular weight excluding hydrogens is 1210 g/mol. The predicted octanol–water partition coefficient (Wildman–Crippen LogP) is 17.6. The fourth-order valence-corrected chi connectivity index (χ4v) is 11.9. The van der Waals surface area contributed by atoms with Crippen LogP contribution in [0.25, 0.3) is 0 Å². The van der Waals surface area contributed by atoms with Gasteiger partial charge in [0, 0.05) is 5.56 Å². The molecule has 0 heterocycles. The van der Waals surface area contributed by atoms with E-state index in [0.717, 1.165) is 21.8 Å². The Morgan fingerprint density at radius 2 is 0.459 bits per heavy atom. The van der Waals surface area contributed by atoms with Gasteiger partial charge in [-0.25, -0.2) is 0 Å². The van der Waals surface area contributed by atoms with Gasteiger partial charge in [-0.05, 0) is 66.1 Å². The maximum atomic E-state index is 14.2. The van der Waals surface area contributed by atoms with Gasteiger partial charge in [-0.15, -0.1) is 0 Å². The molecule has 0 N–H and O–H groups in total. The lowest BCUT2D eigenvalue weighted by atomic mass is 9.12. The molecule has 0 aliphatic carbocycles. The number of rotatable bonds is 10. The Hall–Kier alpha value is -7.71. The van der Waals surface area contributed by atoms with Crippen LogP contribution in [0.15, 0.2) is 198 Å². The van der Waals surface area contributed by atoms with Crippen molar-refractivity contribution in [1.82, 2.24) is 0 Å². The van der Waals surface area contributed by atoms with Crippen LogP contribution >= 0.6 is 0 Å². The minimum Gasteiger partial charge on any atom is -0.194 e. The molecule has 0 saturated carbocycles. The molecule has 0 unspecified atom stereocenters. The van der Waals surface area contributed by atoms with Gasteiger partial charge >= 0.3 is 49.4 Å². The Bertz CT molecular complexity index is 3190. The summed E-state index contributed by atoms with van der Waals surface area (Å²) in [4.78, 5) is 1.77. The summed E-state index contributed by atoms with van der Waals surface area (Å²) in [5, 5.41) is 0. The van der Waals surface area contributed by atoms with Crippen LogP contribution in [0, 0.1) is 0 Å². The van der Waals surface area contributed by atoms with Gasteiger partial charge in [0.25, 0.3) is 0 Å². The molecule has 0 atom stereocenters. The number of halogens is 24. The van der Waals surface area contributed by atoms with Crippen molar-refractivity contribution in [2.24, 2.45) is 0 Å². The van der Waals surface area contributed by atoms with E-state index in [4.69, 9.17) is 0 Å². The van der Waals surface area contributed by atoms with Gasteiger partial charge in [0.1, 0.15) is 11.9 Å². The molecule has 1 nitrogen and oxygen atoms in total. The number of hydrogen-bond donors (Lipinski definition) is 0. The first kappa shape index (κ1) is 64.8. The van der Waals surface area contributed by atoms with Crippen molar-refractivity contribution in [3.05, 3.63) is 249 Å². The maximum Gasteiger partial charge on any atom is 0.416 e. The van der Waals surface area contributed by atoms with E-state index in [1.807, 2.05) is 66.7 Å². The molecule has 85 heavy (non-hydrogen) atoms. The van der Waals surface area contributed by atoms with E-state index in [1.54, 1.807) is 0 Å². The van der Waals surface area contributed by atoms with Gasteiger partial charge < -0.3 is 0 Å². The summed E-state index contributed by atoms with van der Waals surface area (Å²) in [5.41, 5.74) is -26.5. The Morgan fingerprint density at radius 3 is 0.682 bits per heavy atom. The van der Waals surface area contributed by atoms with Crippen molar-refractivity contribution in [2.45, 2.75) is 71.4 Å². The monoisotopic (exact) mass is 1250 g/mol. The zero-order valence-electron chi connectivity index (χ0n) is 42.3. The van der Waals surface area contributed by atoms with E-state index in [2.05, 4.69) is 48.5 Å². The van der Waals surface area contributed by atoms with Crippen LogP contribution in [0.2, 0.25) is 0 Å². The first-order valence-electron chi connectivity index (χ1n) is 24.1. The third-order valence-electron chi connectivity index (χ3n) is 13.3. The number of benzene rings is 8. The van der Waals surface area contributed by atoms with Gasteiger partial charge in [-0.2, -0.15) is 127 Å². The summed E-state index contributed by atoms with van der Waals surface area (Å²) in [6.07, 6.45) is -53.9. The van der Waals surface area contributed by atoms with Crippen molar-refractivity contribution in [3.63, 3.8) is 0 Å². The van der Waals surface area contributed by atoms with E-state index < -0.39 is 205 Å². The fourth-order valence-electron chi connectivity index (χ4n) is 9.47. The SMILES string of the molecule is FC(F)(F)c1cc([B-](c2cc(C(F)(F)F)cc(C(F)(F)F)c2)(c2cc(C(F)(F)F)cc(C(F)(F)F)c2)c2cc(C(F)(F)F)cc(C(F)(F)F)c2)cc(C(F)(F)F)c1.O=[S+](Cc1ccc(Cc2ccccc2)cc1)(c1ccccc1)c1ccccc1. The molecule has 8 aromatic rings. The smallest absolute Gasteiger partial charge is 0.194 e. The Balaban J connectivity index is 0.000000306. The normalized spacial score (nSPS) is 13.3. The van der Waals surface area contributed by atoms with Crippen molar-refractivity contribution in [3.8, 4) is 0 Å². The first-order chi connectivity index (χ1) is 39.0. The Morgan fingerprint density at radius 1 is 0.259 bits per heavy atom. The lowest BCUT2D eigenvalue weighted by Crippen LogP contribution is -2.75. The van der Waals surface area contributed by atoms with Crippen molar-refractivity contribution in [2.75, 3.05) is 0 Å². The average molecular weight is 1250 g/mol. The second-order valence-electron chi connectivity index (χ2n) is 19.1. The van der Waals surface area contributed by atoms with E-state index in [-0.39, 0.29) is 0 Å². The van der Waals surface area contributed by atoms with E-state index in [9.17, 15) is 110 Å². The molecule has 0 amide bonds. The molecule has 8 aromatic carbocycles. The van der Waals surface area contributed by atoms with Gasteiger partial charge in [0.15, 0.2) is 19.7 Å². The molecular formula is C58H35BF24OS. The molecule has 0 saturated heterocycles. The average Bonchev–Trinajstić information content (AvgIpc) is 0.762. The highest BCUT2D eigenvalue weighted by Gasteiger charge is 2.47. The topological polar surface area (TPSA) is 17.1 Å². The number of alkyl halides is 24. The minimum atomic E-state index is -6.13. The Labute approximate surface area is 466 Å². The van der Waals surface area contributed by atoms with Gasteiger partial charge in [-0.1, -0.05) is 144 Å². The molecule has 0 aromatic heterocycles. The summed E-state index contributed by atoms with van der Waals surface area (Å²) in [6.45, 7) is 0. The summed E-state index contributed by atoms with van der Waals surface area (Å²) < 4.78 is 355. The van der Waals surface area contributed by atoms with Crippen molar-refractivity contribution >= 4 is 37.9 Å². The quantitative estimate of drug-likeness (QED) is 0.0758. The van der Waals surface area contributed by atoms with E-state index >= 15 is 0 Å². The van der Waals surface area contributed by atoms with E-state index in [0.29, 0.717) is 5.75 Å². The fraction of sp³-hybridized carbons (Fsp3) is 0.172. The molecule has 0 fully saturated rings. The largest absolute Gasteiger partial charge is 0.416 e. The lowest BCUT2D eigenvalue weighted by molar-refractivity contribution is -0.144. The molecule has 0 radical (unpaired) electrons. The first-order valence-corrected chi connectivity index (χ1v) is 25.8. The van der Waals surface area contributed by atoms with E-state index in [1.165, 1.54) is 11.1 Å². The van der Waals surface area contributed by atoms with Crippen molar-refractivity contribution < 1.29 is 110 Å². The highest BCUT2D eigenvalue weighted by Crippen LogP contribution is 2.42. The number of hydrogen-bond acceptors (Lipinski definition) is 1. The molecule has 8 rings (SSSR count). The minimum absolute atomic E-state index is 0.507. The van der Waals surface area contributed by atoms with Crippen LogP contribution in [-0.4, -0.2) is 6.15 Å². The molecule has 0 aliphatic heterocycles. The molecule has 0 aliphatic rings. The predicted molar refractivity (Wildman–Crippen MR) is 267 cm³/mol. The van der Waals surface area contributed by atoms with Crippen LogP contribution in [0.5, 0.6) is 0 Å². The van der Waals surface area contributed by atoms with Gasteiger partial charge in [-0.3, -0.25) is 0 Å². The van der Waals surface area contributed by atoms with Crippen LogP contribution in [0.4, 0.5) is 105 Å². The third kappa shape index (κ3) is 15.0. The summed E-state index contributed by atoms with van der Waals surface area (Å²) in [7, 11) is -2.37. The molecule has 450 valence electrons. The van der Waals surface area contributed by atoms with Crippen LogP contribution in [-0.2, 0) is 75.7 Å². The van der Waals surface area contributed by atoms with Gasteiger partial charge in [0.2, 0.25) is 0 Å². The summed E-state index contributed by atoms with van der Waals surface area (Å²) in [6, 6.07) is 29.8. The van der Waals surface area contributed by atoms with Crippen LogP contribution in [0.3, 0.4) is 0 Å². The second-order valence-corrected chi connectivity index (χ2v) is 21.7. The third-order valence-corrected chi connectivity index (χ3v) is 16.1. The second kappa shape index (κ2) is 23.3. The Kier molecular flexibility index (Phi) is 17.8. The van der Waals surface area contributed by atoms with Gasteiger partial charge in [0.05, 0.1) is 44.5 Å². The zero-order chi connectivity index (χ0) is 63.1. The molecule has 27 heteroatoms. The summed E-state index contributed by atoms with van der Waals surface area (Å²) >= 11 is 0. The van der Waals surface area contributed by atoms with Crippen LogP contribution < -0.4 is 21.9 Å². The van der Waals surface area contributed by atoms with Crippen molar-refractivity contribution in [1.29, 1.82) is 0 Å². The highest BCUT2D eigenvalue weighted by molar-refractivity contribution is 8.02. The molecule has 0 spiro atoms. The highest BCUT2D eigenvalue weighted by atomic mass is 32.2. The summed E-state index contributed by atoms with van der Waals surface area (Å²) in [5.74, 6) is 0.507. The maximum absolute atomic E-state index is 14.2. The standard InChI is InChI=1S/C32H12BF24.C26H23OS/c34-25(35,36)13-1-14(26(37,38)39)6-21(5-13)33(22-7-15(27(40,41)42)2-16(8-22)28(43,44)45,23-9-17(29(46,47)48)3-18(10-23)30(49,50)51)24-11-19(31(52,53)54)4-20(12-24)32(55,56)57;27-28(25-12-6-2-7-13-25,26-14-8-3-9-15-26)21-24-18-16-23(17-19-24)20-22-10-4-1-5-11-22/h1-12H;1-19H,20-21H2/q-1;+1. The molecule has 0 bridgehead atoms. The van der Waals surface area contributed by atoms with Crippen LogP contribution in [0.1, 0.15) is 61.2 Å². The zero-order valence-corrected chi connectivity index (χ0v) is 43.1.